The molecule has 0 aliphatic carbocycles. The molecule has 88 valence electrons. The highest BCUT2D eigenvalue weighted by molar-refractivity contribution is 7.71. The molecule has 0 atom stereocenters. The molecule has 0 bridgehead atoms. The summed E-state index contributed by atoms with van der Waals surface area (Å²) in [6.07, 6.45) is 1.70. The van der Waals surface area contributed by atoms with Crippen molar-refractivity contribution in [1.29, 1.82) is 0 Å². The van der Waals surface area contributed by atoms with Crippen molar-refractivity contribution in [3.05, 3.63) is 40.3 Å². The number of hydrogen-bond donors (Lipinski definition) is 1. The Balaban J connectivity index is 2.70. The fourth-order valence-corrected chi connectivity index (χ4v) is 2.12. The van der Waals surface area contributed by atoms with Crippen LogP contribution in [0.4, 0.5) is 0 Å². The zero-order valence-electron chi connectivity index (χ0n) is 10.1. The van der Waals surface area contributed by atoms with Crippen LogP contribution in [0, 0.1) is 18.6 Å². The Morgan fingerprint density at radius 1 is 1.29 bits per heavy atom. The number of benzene rings is 1. The van der Waals surface area contributed by atoms with Crippen LogP contribution in [0.25, 0.3) is 11.3 Å². The van der Waals surface area contributed by atoms with E-state index >= 15 is 0 Å². The first-order valence-corrected chi connectivity index (χ1v) is 5.73. The van der Waals surface area contributed by atoms with Crippen molar-refractivity contribution < 1.29 is 4.74 Å². The lowest BCUT2D eigenvalue weighted by Gasteiger charge is -2.12. The zero-order valence-corrected chi connectivity index (χ0v) is 10.9. The van der Waals surface area contributed by atoms with Crippen LogP contribution < -0.4 is 4.74 Å². The molecular weight excluding hydrogens is 232 g/mol. The van der Waals surface area contributed by atoms with Crippen molar-refractivity contribution in [3.63, 3.8) is 0 Å². The van der Waals surface area contributed by atoms with Crippen molar-refractivity contribution in [2.45, 2.75) is 13.8 Å². The molecule has 0 unspecified atom stereocenters. The van der Waals surface area contributed by atoms with Crippen LogP contribution in [0.1, 0.15) is 11.1 Å². The number of ether oxygens (including phenoxy) is 1. The smallest absolute Gasteiger partial charge is 0.197 e. The number of methoxy groups -OCH3 is 1. The van der Waals surface area contributed by atoms with Gasteiger partial charge in [0.1, 0.15) is 5.75 Å². The minimum absolute atomic E-state index is 0.476. The molecule has 0 radical (unpaired) electrons. The summed E-state index contributed by atoms with van der Waals surface area (Å²) in [5.41, 5.74) is 4.24. The van der Waals surface area contributed by atoms with E-state index in [9.17, 15) is 0 Å². The molecule has 0 aliphatic heterocycles. The maximum atomic E-state index is 5.45. The number of rotatable bonds is 2. The second-order valence-electron chi connectivity index (χ2n) is 3.95. The van der Waals surface area contributed by atoms with Crippen molar-refractivity contribution in [1.82, 2.24) is 9.97 Å². The van der Waals surface area contributed by atoms with E-state index < -0.39 is 0 Å². The molecule has 0 aliphatic rings. The van der Waals surface area contributed by atoms with Gasteiger partial charge in [0.2, 0.25) is 0 Å². The molecule has 0 amide bonds. The largest absolute Gasteiger partial charge is 0.496 e. The van der Waals surface area contributed by atoms with Crippen molar-refractivity contribution >= 4 is 12.2 Å². The van der Waals surface area contributed by atoms with E-state index in [2.05, 4.69) is 29.0 Å². The summed E-state index contributed by atoms with van der Waals surface area (Å²) in [7, 11) is 1.68. The quantitative estimate of drug-likeness (QED) is 0.825. The van der Waals surface area contributed by atoms with E-state index in [-0.39, 0.29) is 0 Å². The molecule has 17 heavy (non-hydrogen) atoms. The van der Waals surface area contributed by atoms with E-state index in [1.807, 2.05) is 13.0 Å². The highest BCUT2D eigenvalue weighted by Crippen LogP contribution is 2.32. The third kappa shape index (κ3) is 2.36. The van der Waals surface area contributed by atoms with Crippen LogP contribution in [0.3, 0.4) is 0 Å². The van der Waals surface area contributed by atoms with Gasteiger partial charge in [-0.25, -0.2) is 4.98 Å². The number of H-pyrrole nitrogens is 1. The summed E-state index contributed by atoms with van der Waals surface area (Å²) in [6.45, 7) is 4.09. The SMILES string of the molecule is COc1c(C)cc(C)cc1-c1ccnc(=S)[nH]1. The van der Waals surface area contributed by atoms with Gasteiger partial charge in [-0.2, -0.15) is 0 Å². The second-order valence-corrected chi connectivity index (χ2v) is 4.34. The van der Waals surface area contributed by atoms with Gasteiger partial charge in [0.25, 0.3) is 0 Å². The van der Waals surface area contributed by atoms with Crippen molar-refractivity contribution in [3.8, 4) is 17.0 Å². The van der Waals surface area contributed by atoms with Crippen LogP contribution in [0.2, 0.25) is 0 Å². The lowest BCUT2D eigenvalue weighted by atomic mass is 10.0. The molecule has 0 saturated heterocycles. The predicted octanol–water partition coefficient (Wildman–Crippen LogP) is 3.43. The predicted molar refractivity (Wildman–Crippen MR) is 70.9 cm³/mol. The first-order valence-electron chi connectivity index (χ1n) is 5.33. The van der Waals surface area contributed by atoms with Crippen LogP contribution in [-0.4, -0.2) is 17.1 Å². The third-order valence-corrected chi connectivity index (χ3v) is 2.80. The number of aromatic amines is 1. The molecule has 3 nitrogen and oxygen atoms in total. The van der Waals surface area contributed by atoms with Gasteiger partial charge < -0.3 is 9.72 Å². The molecule has 2 aromatic rings. The Morgan fingerprint density at radius 3 is 2.71 bits per heavy atom. The summed E-state index contributed by atoms with van der Waals surface area (Å²) in [4.78, 5) is 7.06. The number of nitrogens with zero attached hydrogens (tertiary/aromatic N) is 1. The van der Waals surface area contributed by atoms with Crippen LogP contribution in [0.5, 0.6) is 5.75 Å². The molecule has 2 rings (SSSR count). The first kappa shape index (κ1) is 11.8. The molecule has 1 N–H and O–H groups in total. The minimum atomic E-state index is 0.476. The normalized spacial score (nSPS) is 10.3. The van der Waals surface area contributed by atoms with Crippen LogP contribution >= 0.6 is 12.2 Å². The van der Waals surface area contributed by atoms with Gasteiger partial charge in [-0.15, -0.1) is 0 Å². The Morgan fingerprint density at radius 2 is 2.06 bits per heavy atom. The highest BCUT2D eigenvalue weighted by Gasteiger charge is 2.09. The van der Waals surface area contributed by atoms with Gasteiger partial charge in [0, 0.05) is 11.8 Å². The van der Waals surface area contributed by atoms with Gasteiger partial charge in [-0.3, -0.25) is 0 Å². The first-order chi connectivity index (χ1) is 8.11. The third-order valence-electron chi connectivity index (χ3n) is 2.59. The lowest BCUT2D eigenvalue weighted by Crippen LogP contribution is -1.95. The van der Waals surface area contributed by atoms with E-state index in [0.29, 0.717) is 4.77 Å². The fraction of sp³-hybridized carbons (Fsp3) is 0.231. The van der Waals surface area contributed by atoms with Crippen LogP contribution in [0.15, 0.2) is 24.4 Å². The molecule has 4 heteroatoms. The average Bonchev–Trinajstić information content (AvgIpc) is 2.28. The molecular formula is C13H14N2OS. The fourth-order valence-electron chi connectivity index (χ4n) is 1.95. The van der Waals surface area contributed by atoms with Gasteiger partial charge in [-0.05, 0) is 49.3 Å². The van der Waals surface area contributed by atoms with Gasteiger partial charge in [0.15, 0.2) is 4.77 Å². The van der Waals surface area contributed by atoms with E-state index in [1.165, 1.54) is 5.56 Å². The molecule has 1 aromatic heterocycles. The highest BCUT2D eigenvalue weighted by atomic mass is 32.1. The average molecular weight is 246 g/mol. The standard InChI is InChI=1S/C13H14N2OS/c1-8-6-9(2)12(16-3)10(7-8)11-4-5-14-13(17)15-11/h4-7H,1-3H3,(H,14,15,17). The number of aromatic nitrogens is 2. The molecule has 0 fully saturated rings. The molecule has 0 spiro atoms. The summed E-state index contributed by atoms with van der Waals surface area (Å²) in [5.74, 6) is 0.868. The molecule has 1 aromatic carbocycles. The van der Waals surface area contributed by atoms with E-state index in [1.54, 1.807) is 13.3 Å². The zero-order chi connectivity index (χ0) is 12.4. The summed E-state index contributed by atoms with van der Waals surface area (Å²) >= 11 is 5.04. The van der Waals surface area contributed by atoms with E-state index in [4.69, 9.17) is 17.0 Å². The van der Waals surface area contributed by atoms with Crippen molar-refractivity contribution in [2.24, 2.45) is 0 Å². The summed E-state index contributed by atoms with van der Waals surface area (Å²) < 4.78 is 5.93. The number of hydrogen-bond acceptors (Lipinski definition) is 3. The molecule has 0 saturated carbocycles. The summed E-state index contributed by atoms with van der Waals surface area (Å²) in [5, 5.41) is 0. The summed E-state index contributed by atoms with van der Waals surface area (Å²) in [6, 6.07) is 6.07. The van der Waals surface area contributed by atoms with Crippen LogP contribution in [-0.2, 0) is 0 Å². The minimum Gasteiger partial charge on any atom is -0.496 e. The maximum Gasteiger partial charge on any atom is 0.197 e. The monoisotopic (exact) mass is 246 g/mol. The Bertz CT molecular complexity index is 605. The Labute approximate surface area is 105 Å². The number of aryl methyl sites for hydroxylation is 2. The second kappa shape index (κ2) is 4.67. The lowest BCUT2D eigenvalue weighted by molar-refractivity contribution is 0.413. The van der Waals surface area contributed by atoms with Gasteiger partial charge in [0.05, 0.1) is 12.8 Å². The topological polar surface area (TPSA) is 37.9 Å². The maximum absolute atomic E-state index is 5.45. The van der Waals surface area contributed by atoms with Gasteiger partial charge >= 0.3 is 0 Å². The molecule has 1 heterocycles. The Hall–Kier alpha value is -1.68. The Kier molecular flexibility index (Phi) is 3.24. The van der Waals surface area contributed by atoms with Crippen molar-refractivity contribution in [2.75, 3.05) is 7.11 Å². The van der Waals surface area contributed by atoms with Gasteiger partial charge in [-0.1, -0.05) is 6.07 Å². The number of nitrogens with one attached hydrogen (secondary N) is 1. The van der Waals surface area contributed by atoms with E-state index in [0.717, 1.165) is 22.6 Å².